The zero-order valence-electron chi connectivity index (χ0n) is 14.4. The Morgan fingerprint density at radius 1 is 1.15 bits per heavy atom. The SMILES string of the molecule is O=C1NC(=O)N(c2ccc(Cl)cc2)C(=O)[C@@H]1C=NCC[NH+]1CCCCC1. The fraction of sp³-hybridized carbons (Fsp3) is 0.444. The van der Waals surface area contributed by atoms with Crippen LogP contribution in [0.5, 0.6) is 0 Å². The molecule has 2 aliphatic heterocycles. The van der Waals surface area contributed by atoms with E-state index in [1.807, 2.05) is 0 Å². The Kier molecular flexibility index (Phi) is 6.00. The average Bonchev–Trinajstić information content (AvgIpc) is 2.63. The molecule has 1 aromatic rings. The van der Waals surface area contributed by atoms with Crippen LogP contribution in [0.2, 0.25) is 5.02 Å². The number of aliphatic imine (C=N–C) groups is 1. The fourth-order valence-corrected chi connectivity index (χ4v) is 3.39. The van der Waals surface area contributed by atoms with Crippen molar-refractivity contribution in [3.63, 3.8) is 0 Å². The number of urea groups is 1. The number of likely N-dealkylation sites (tertiary alicyclic amines) is 1. The number of hydrogen-bond acceptors (Lipinski definition) is 4. The third-order valence-electron chi connectivity index (χ3n) is 4.70. The van der Waals surface area contributed by atoms with E-state index in [-0.39, 0.29) is 0 Å². The van der Waals surface area contributed by atoms with E-state index in [9.17, 15) is 14.4 Å². The molecule has 2 heterocycles. The van der Waals surface area contributed by atoms with Crippen LogP contribution in [0, 0.1) is 5.92 Å². The number of hydrogen-bond donors (Lipinski definition) is 2. The quantitative estimate of drug-likeness (QED) is 0.584. The van der Waals surface area contributed by atoms with E-state index in [1.54, 1.807) is 24.3 Å². The summed E-state index contributed by atoms with van der Waals surface area (Å²) in [4.78, 5) is 43.5. The van der Waals surface area contributed by atoms with Gasteiger partial charge in [-0.05, 0) is 43.5 Å². The van der Waals surface area contributed by atoms with E-state index in [1.165, 1.54) is 30.4 Å². The molecule has 0 aliphatic carbocycles. The van der Waals surface area contributed by atoms with Gasteiger partial charge in [0.25, 0.3) is 5.91 Å². The fourth-order valence-electron chi connectivity index (χ4n) is 3.26. The lowest BCUT2D eigenvalue weighted by Gasteiger charge is -2.28. The van der Waals surface area contributed by atoms with Crippen LogP contribution in [-0.2, 0) is 9.59 Å². The van der Waals surface area contributed by atoms with Gasteiger partial charge in [-0.15, -0.1) is 0 Å². The van der Waals surface area contributed by atoms with Gasteiger partial charge in [0.1, 0.15) is 0 Å². The van der Waals surface area contributed by atoms with Gasteiger partial charge in [0, 0.05) is 11.2 Å². The molecule has 8 heteroatoms. The van der Waals surface area contributed by atoms with Crippen molar-refractivity contribution in [2.24, 2.45) is 10.9 Å². The number of quaternary nitrogens is 1. The number of benzene rings is 1. The molecule has 138 valence electrons. The molecule has 4 amide bonds. The maximum atomic E-state index is 12.6. The van der Waals surface area contributed by atoms with Crippen LogP contribution in [0.4, 0.5) is 10.5 Å². The number of imide groups is 2. The number of barbiturate groups is 1. The Labute approximate surface area is 157 Å². The lowest BCUT2D eigenvalue weighted by molar-refractivity contribution is -0.903. The van der Waals surface area contributed by atoms with Crippen molar-refractivity contribution in [1.29, 1.82) is 0 Å². The molecule has 1 atom stereocenters. The maximum Gasteiger partial charge on any atom is 0.335 e. The van der Waals surface area contributed by atoms with Gasteiger partial charge in [0.05, 0.1) is 31.9 Å². The van der Waals surface area contributed by atoms with Gasteiger partial charge in [-0.1, -0.05) is 11.6 Å². The molecular formula is C18H22ClN4O3+. The van der Waals surface area contributed by atoms with Crippen molar-refractivity contribution in [3.8, 4) is 0 Å². The third kappa shape index (κ3) is 4.28. The van der Waals surface area contributed by atoms with Gasteiger partial charge in [-0.25, -0.2) is 9.69 Å². The molecule has 0 saturated carbocycles. The van der Waals surface area contributed by atoms with Crippen molar-refractivity contribution in [2.75, 3.05) is 31.1 Å². The second-order valence-corrected chi connectivity index (χ2v) is 6.97. The number of amides is 4. The number of rotatable bonds is 5. The number of halogens is 1. The molecule has 0 unspecified atom stereocenters. The Bertz CT molecular complexity index is 714. The van der Waals surface area contributed by atoms with Gasteiger partial charge in [-0.2, -0.15) is 0 Å². The molecule has 0 radical (unpaired) electrons. The lowest BCUT2D eigenvalue weighted by Crippen LogP contribution is -3.13. The summed E-state index contributed by atoms with van der Waals surface area (Å²) in [5.41, 5.74) is 0.362. The molecule has 1 aromatic carbocycles. The summed E-state index contributed by atoms with van der Waals surface area (Å²) in [6.07, 6.45) is 5.12. The van der Waals surface area contributed by atoms with Crippen molar-refractivity contribution < 1.29 is 19.3 Å². The molecule has 2 aliphatic rings. The minimum Gasteiger partial charge on any atom is -0.333 e. The van der Waals surface area contributed by atoms with Crippen LogP contribution in [-0.4, -0.2) is 50.2 Å². The zero-order valence-corrected chi connectivity index (χ0v) is 15.2. The molecule has 7 nitrogen and oxygen atoms in total. The monoisotopic (exact) mass is 377 g/mol. The topological polar surface area (TPSA) is 83.3 Å². The number of anilines is 1. The molecule has 2 N–H and O–H groups in total. The first-order valence-electron chi connectivity index (χ1n) is 8.84. The number of carbonyl (C=O) groups is 3. The van der Waals surface area contributed by atoms with Gasteiger partial charge in [-0.3, -0.25) is 19.9 Å². The van der Waals surface area contributed by atoms with Gasteiger partial charge in [0.2, 0.25) is 5.91 Å². The molecule has 3 rings (SSSR count). The predicted molar refractivity (Wildman–Crippen MR) is 98.7 cm³/mol. The third-order valence-corrected chi connectivity index (χ3v) is 4.95. The number of carbonyl (C=O) groups excluding carboxylic acids is 3. The maximum absolute atomic E-state index is 12.6. The Morgan fingerprint density at radius 2 is 1.85 bits per heavy atom. The first-order chi connectivity index (χ1) is 12.6. The summed E-state index contributed by atoms with van der Waals surface area (Å²) in [6.45, 7) is 3.74. The van der Waals surface area contributed by atoms with E-state index < -0.39 is 23.8 Å². The largest absolute Gasteiger partial charge is 0.335 e. The molecule has 2 saturated heterocycles. The van der Waals surface area contributed by atoms with Crippen molar-refractivity contribution in [3.05, 3.63) is 29.3 Å². The number of nitrogens with zero attached hydrogens (tertiary/aromatic N) is 2. The Hall–Kier alpha value is -2.25. The molecular weight excluding hydrogens is 356 g/mol. The number of nitrogens with one attached hydrogen (secondary N) is 2. The van der Waals surface area contributed by atoms with Crippen LogP contribution < -0.4 is 15.1 Å². The van der Waals surface area contributed by atoms with Crippen LogP contribution in [0.3, 0.4) is 0 Å². The van der Waals surface area contributed by atoms with E-state index >= 15 is 0 Å². The smallest absolute Gasteiger partial charge is 0.333 e. The molecule has 0 aromatic heterocycles. The van der Waals surface area contributed by atoms with Crippen LogP contribution in [0.1, 0.15) is 19.3 Å². The van der Waals surface area contributed by atoms with Crippen LogP contribution in [0.15, 0.2) is 29.3 Å². The lowest BCUT2D eigenvalue weighted by atomic mass is 10.1. The highest BCUT2D eigenvalue weighted by Crippen LogP contribution is 2.22. The van der Waals surface area contributed by atoms with Crippen molar-refractivity contribution in [1.82, 2.24) is 5.32 Å². The van der Waals surface area contributed by atoms with Gasteiger partial charge < -0.3 is 4.90 Å². The molecule has 26 heavy (non-hydrogen) atoms. The predicted octanol–water partition coefficient (Wildman–Crippen LogP) is 0.679. The summed E-state index contributed by atoms with van der Waals surface area (Å²) in [7, 11) is 0. The van der Waals surface area contributed by atoms with Gasteiger partial charge in [0.15, 0.2) is 5.92 Å². The molecule has 2 fully saturated rings. The first-order valence-corrected chi connectivity index (χ1v) is 9.22. The highest BCUT2D eigenvalue weighted by atomic mass is 35.5. The van der Waals surface area contributed by atoms with E-state index in [0.717, 1.165) is 24.5 Å². The normalized spacial score (nSPS) is 22.1. The second kappa shape index (κ2) is 8.42. The zero-order chi connectivity index (χ0) is 18.5. The summed E-state index contributed by atoms with van der Waals surface area (Å²) < 4.78 is 0. The number of piperidine rings is 1. The summed E-state index contributed by atoms with van der Waals surface area (Å²) in [5.74, 6) is -2.34. The highest BCUT2D eigenvalue weighted by molar-refractivity contribution is 6.33. The summed E-state index contributed by atoms with van der Waals surface area (Å²) in [5, 5.41) is 2.70. The van der Waals surface area contributed by atoms with E-state index in [2.05, 4.69) is 10.3 Å². The highest BCUT2D eigenvalue weighted by Gasteiger charge is 2.40. The summed E-state index contributed by atoms with van der Waals surface area (Å²) >= 11 is 5.84. The Balaban J connectivity index is 1.65. The molecule has 0 bridgehead atoms. The Morgan fingerprint density at radius 3 is 2.54 bits per heavy atom. The van der Waals surface area contributed by atoms with Crippen LogP contribution in [0.25, 0.3) is 0 Å². The van der Waals surface area contributed by atoms with Crippen LogP contribution >= 0.6 is 11.6 Å². The molecule has 0 spiro atoms. The summed E-state index contributed by atoms with van der Waals surface area (Å²) in [6, 6.07) is 5.52. The minimum atomic E-state index is -1.10. The average molecular weight is 378 g/mol. The standard InChI is InChI=1S/C18H21ClN4O3/c19-13-4-6-14(7-5-13)23-17(25)15(16(24)21-18(23)26)12-20-8-11-22-9-2-1-3-10-22/h4-7,12,15H,1-3,8-11H2,(H,21,24,26)/p+1/t15-/m1/s1. The second-order valence-electron chi connectivity index (χ2n) is 6.54. The first kappa shape index (κ1) is 18.5. The van der Waals surface area contributed by atoms with Gasteiger partial charge >= 0.3 is 6.03 Å². The minimum absolute atomic E-state index is 0.362. The van der Waals surface area contributed by atoms with E-state index in [4.69, 9.17) is 11.6 Å². The van der Waals surface area contributed by atoms with Crippen molar-refractivity contribution in [2.45, 2.75) is 19.3 Å². The van der Waals surface area contributed by atoms with E-state index in [0.29, 0.717) is 17.3 Å². The van der Waals surface area contributed by atoms with Crippen molar-refractivity contribution >= 4 is 41.3 Å².